The molecule has 1 N–H and O–H groups in total. The van der Waals surface area contributed by atoms with Crippen LogP contribution in [0.1, 0.15) is 27.0 Å². The van der Waals surface area contributed by atoms with Crippen molar-refractivity contribution in [2.24, 2.45) is 5.11 Å². The maximum atomic E-state index is 13.0. The fourth-order valence-electron chi connectivity index (χ4n) is 2.81. The Bertz CT molecular complexity index is 1120. The van der Waals surface area contributed by atoms with Crippen molar-refractivity contribution in [2.45, 2.75) is 13.8 Å². The average Bonchev–Trinajstić information content (AvgIpc) is 2.65. The van der Waals surface area contributed by atoms with Gasteiger partial charge < -0.3 is 5.32 Å². The molecule has 0 radical (unpaired) electrons. The van der Waals surface area contributed by atoms with Gasteiger partial charge in [-0.25, -0.2) is 0 Å². The number of carbonyl (C=O) groups excluding carboxylic acids is 1. The molecule has 0 bridgehead atoms. The number of hydrogen-bond acceptors (Lipinski definition) is 3. The second kappa shape index (κ2) is 8.36. The molecular formula is C21H16Cl2N4O. The number of rotatable bonds is 5. The first-order valence-corrected chi connectivity index (χ1v) is 9.18. The van der Waals surface area contributed by atoms with Crippen LogP contribution in [-0.2, 0) is 0 Å². The van der Waals surface area contributed by atoms with E-state index in [9.17, 15) is 4.79 Å². The smallest absolute Gasteiger partial charge is 0.194 e. The van der Waals surface area contributed by atoms with E-state index in [-0.39, 0.29) is 5.78 Å². The standard InChI is InChI=1S/C21H16Cl2N4O/c1-12-3-5-16(26-27-24)10-18(12)21(28)17-7-6-15(11-19(17)23)25-20-8-4-14(22)9-13(20)2/h3-11,25H,1-2H3. The molecule has 5 nitrogen and oxygen atoms in total. The first kappa shape index (κ1) is 19.8. The molecule has 3 aromatic carbocycles. The van der Waals surface area contributed by atoms with Crippen molar-refractivity contribution in [1.29, 1.82) is 0 Å². The number of benzene rings is 3. The Balaban J connectivity index is 1.91. The molecule has 0 unspecified atom stereocenters. The normalized spacial score (nSPS) is 10.3. The van der Waals surface area contributed by atoms with E-state index in [1.165, 1.54) is 0 Å². The van der Waals surface area contributed by atoms with Gasteiger partial charge in [-0.3, -0.25) is 4.79 Å². The number of carbonyl (C=O) groups is 1. The van der Waals surface area contributed by atoms with Gasteiger partial charge in [0, 0.05) is 38.1 Å². The Labute approximate surface area is 172 Å². The highest BCUT2D eigenvalue weighted by Crippen LogP contribution is 2.29. The van der Waals surface area contributed by atoms with Crippen LogP contribution in [0.2, 0.25) is 10.0 Å². The van der Waals surface area contributed by atoms with Crippen molar-refractivity contribution < 1.29 is 4.79 Å². The van der Waals surface area contributed by atoms with Crippen molar-refractivity contribution in [3.63, 3.8) is 0 Å². The second-order valence-electron chi connectivity index (χ2n) is 6.30. The lowest BCUT2D eigenvalue weighted by Crippen LogP contribution is -2.05. The molecule has 0 aliphatic carbocycles. The number of hydrogen-bond donors (Lipinski definition) is 1. The van der Waals surface area contributed by atoms with Crippen LogP contribution in [0.5, 0.6) is 0 Å². The molecule has 0 atom stereocenters. The van der Waals surface area contributed by atoms with Crippen molar-refractivity contribution in [2.75, 3.05) is 5.32 Å². The quantitative estimate of drug-likeness (QED) is 0.204. The van der Waals surface area contributed by atoms with Gasteiger partial charge >= 0.3 is 0 Å². The summed E-state index contributed by atoms with van der Waals surface area (Å²) in [4.78, 5) is 15.7. The topological polar surface area (TPSA) is 77.9 Å². The summed E-state index contributed by atoms with van der Waals surface area (Å²) < 4.78 is 0. The maximum absolute atomic E-state index is 13.0. The highest BCUT2D eigenvalue weighted by atomic mass is 35.5. The first-order valence-electron chi connectivity index (χ1n) is 8.42. The molecule has 0 aromatic heterocycles. The van der Waals surface area contributed by atoms with Gasteiger partial charge in [0.15, 0.2) is 5.78 Å². The molecule has 3 aromatic rings. The third kappa shape index (κ3) is 4.29. The predicted octanol–water partition coefficient (Wildman–Crippen LogP) is 7.53. The highest BCUT2D eigenvalue weighted by molar-refractivity contribution is 6.35. The summed E-state index contributed by atoms with van der Waals surface area (Å²) in [6.45, 7) is 3.77. The minimum absolute atomic E-state index is 0.230. The fraction of sp³-hybridized carbons (Fsp3) is 0.0952. The Hall–Kier alpha value is -2.98. The molecule has 0 heterocycles. The molecule has 0 saturated carbocycles. The molecule has 0 amide bonds. The molecule has 3 rings (SSSR count). The van der Waals surface area contributed by atoms with Gasteiger partial charge in [0.1, 0.15) is 0 Å². The number of nitrogens with one attached hydrogen (secondary N) is 1. The maximum Gasteiger partial charge on any atom is 0.194 e. The number of azide groups is 1. The summed E-state index contributed by atoms with van der Waals surface area (Å²) in [7, 11) is 0. The van der Waals surface area contributed by atoms with Crippen molar-refractivity contribution in [1.82, 2.24) is 0 Å². The Morgan fingerprint density at radius 1 is 0.964 bits per heavy atom. The molecule has 0 aliphatic rings. The third-order valence-electron chi connectivity index (χ3n) is 4.31. The number of halogens is 2. The Morgan fingerprint density at radius 2 is 1.75 bits per heavy atom. The van der Waals surface area contributed by atoms with Gasteiger partial charge in [-0.1, -0.05) is 40.4 Å². The van der Waals surface area contributed by atoms with E-state index in [4.69, 9.17) is 28.7 Å². The number of anilines is 2. The fourth-order valence-corrected chi connectivity index (χ4v) is 3.31. The van der Waals surface area contributed by atoms with E-state index >= 15 is 0 Å². The van der Waals surface area contributed by atoms with Gasteiger partial charge in [-0.05, 0) is 73.0 Å². The molecule has 0 fully saturated rings. The largest absolute Gasteiger partial charge is 0.355 e. The SMILES string of the molecule is Cc1cc(Cl)ccc1Nc1ccc(C(=O)c2cc(N=[N+]=[N-])ccc2C)c(Cl)c1. The van der Waals surface area contributed by atoms with Crippen LogP contribution in [0, 0.1) is 13.8 Å². The van der Waals surface area contributed by atoms with Crippen LogP contribution in [-0.4, -0.2) is 5.78 Å². The van der Waals surface area contributed by atoms with Crippen LogP contribution in [0.3, 0.4) is 0 Å². The van der Waals surface area contributed by atoms with E-state index in [0.717, 1.165) is 22.5 Å². The summed E-state index contributed by atoms with van der Waals surface area (Å²) in [6, 6.07) is 15.7. The predicted molar refractivity (Wildman–Crippen MR) is 114 cm³/mol. The van der Waals surface area contributed by atoms with Gasteiger partial charge in [-0.15, -0.1) is 0 Å². The summed E-state index contributed by atoms with van der Waals surface area (Å²) in [5, 5.41) is 7.83. The van der Waals surface area contributed by atoms with Gasteiger partial charge in [-0.2, -0.15) is 0 Å². The van der Waals surface area contributed by atoms with Gasteiger partial charge in [0.25, 0.3) is 0 Å². The first-order chi connectivity index (χ1) is 13.4. The van der Waals surface area contributed by atoms with Crippen LogP contribution in [0.25, 0.3) is 10.4 Å². The van der Waals surface area contributed by atoms with Crippen LogP contribution >= 0.6 is 23.2 Å². The summed E-state index contributed by atoms with van der Waals surface area (Å²) >= 11 is 12.4. The minimum Gasteiger partial charge on any atom is -0.355 e. The summed E-state index contributed by atoms with van der Waals surface area (Å²) in [5.74, 6) is -0.230. The summed E-state index contributed by atoms with van der Waals surface area (Å²) in [5.41, 5.74) is 13.2. The van der Waals surface area contributed by atoms with E-state index in [2.05, 4.69) is 15.3 Å². The van der Waals surface area contributed by atoms with Gasteiger partial charge in [0.05, 0.1) is 5.02 Å². The van der Waals surface area contributed by atoms with E-state index in [0.29, 0.717) is 26.9 Å². The second-order valence-corrected chi connectivity index (χ2v) is 7.14. The lowest BCUT2D eigenvalue weighted by atomic mass is 9.98. The monoisotopic (exact) mass is 410 g/mol. The molecule has 7 heteroatoms. The van der Waals surface area contributed by atoms with Crippen LogP contribution < -0.4 is 5.32 Å². The molecule has 0 spiro atoms. The van der Waals surface area contributed by atoms with Crippen LogP contribution in [0.4, 0.5) is 17.1 Å². The third-order valence-corrected chi connectivity index (χ3v) is 4.85. The average molecular weight is 411 g/mol. The molecule has 0 aliphatic heterocycles. The highest BCUT2D eigenvalue weighted by Gasteiger charge is 2.16. The Morgan fingerprint density at radius 3 is 2.43 bits per heavy atom. The zero-order valence-corrected chi connectivity index (χ0v) is 16.7. The van der Waals surface area contributed by atoms with E-state index < -0.39 is 0 Å². The zero-order valence-electron chi connectivity index (χ0n) is 15.2. The van der Waals surface area contributed by atoms with Crippen molar-refractivity contribution in [3.8, 4) is 0 Å². The minimum atomic E-state index is -0.230. The Kier molecular flexibility index (Phi) is 5.90. The lowest BCUT2D eigenvalue weighted by Gasteiger charge is -2.12. The van der Waals surface area contributed by atoms with Gasteiger partial charge in [0.2, 0.25) is 0 Å². The van der Waals surface area contributed by atoms with Crippen LogP contribution in [0.15, 0.2) is 59.7 Å². The molecule has 0 saturated heterocycles. The molecular weight excluding hydrogens is 395 g/mol. The van der Waals surface area contributed by atoms with Crippen molar-refractivity contribution >= 4 is 46.0 Å². The summed E-state index contributed by atoms with van der Waals surface area (Å²) in [6.07, 6.45) is 0. The molecule has 28 heavy (non-hydrogen) atoms. The lowest BCUT2D eigenvalue weighted by molar-refractivity contribution is 0.103. The van der Waals surface area contributed by atoms with E-state index in [1.807, 2.05) is 26.0 Å². The number of ketones is 1. The number of aryl methyl sites for hydroxylation is 2. The van der Waals surface area contributed by atoms with Crippen molar-refractivity contribution in [3.05, 3.63) is 97.3 Å². The zero-order chi connectivity index (χ0) is 20.3. The number of nitrogens with zero attached hydrogens (tertiary/aromatic N) is 3. The molecule has 140 valence electrons. The van der Waals surface area contributed by atoms with E-state index in [1.54, 1.807) is 42.5 Å².